The third-order valence-electron chi connectivity index (χ3n) is 3.71. The highest BCUT2D eigenvalue weighted by Gasteiger charge is 2.39. The van der Waals surface area contributed by atoms with Gasteiger partial charge in [-0.05, 0) is 44.4 Å². The molecule has 1 heteroatoms. The van der Waals surface area contributed by atoms with E-state index in [0.717, 1.165) is 0 Å². The number of fused-ring (bicyclic) bond motifs is 3. The largest absolute Gasteiger partial charge is 0.252 e. The predicted octanol–water partition coefficient (Wildman–Crippen LogP) is 3.77. The molecule has 15 heavy (non-hydrogen) atoms. The molecular weight excluding hydrogens is 182 g/mol. The summed E-state index contributed by atoms with van der Waals surface area (Å²) < 4.78 is 0. The van der Waals surface area contributed by atoms with E-state index in [1.165, 1.54) is 35.4 Å². The smallest absolute Gasteiger partial charge is 0.0674 e. The molecule has 0 saturated carbocycles. The van der Waals surface area contributed by atoms with Gasteiger partial charge in [0.25, 0.3) is 0 Å². The molecule has 0 radical (unpaired) electrons. The van der Waals surface area contributed by atoms with Gasteiger partial charge in [-0.1, -0.05) is 23.8 Å². The first-order valence-corrected chi connectivity index (χ1v) is 5.56. The Bertz CT molecular complexity index is 482. The third-order valence-corrected chi connectivity index (χ3v) is 3.71. The highest BCUT2D eigenvalue weighted by Crippen LogP contribution is 2.45. The zero-order chi connectivity index (χ0) is 10.5. The first-order chi connectivity index (χ1) is 7.20. The molecule has 1 nitrogen and oxygen atoms in total. The second kappa shape index (κ2) is 2.82. The first kappa shape index (κ1) is 8.90. The Balaban J connectivity index is 2.21. The molecule has 0 saturated heterocycles. The molecule has 0 aromatic heterocycles. The van der Waals surface area contributed by atoms with Crippen LogP contribution in [0.15, 0.2) is 40.9 Å². The molecule has 0 N–H and O–H groups in total. The molecular formula is C14H15N. The third kappa shape index (κ3) is 1.12. The fourth-order valence-electron chi connectivity index (χ4n) is 2.64. The van der Waals surface area contributed by atoms with Crippen LogP contribution >= 0.6 is 0 Å². The molecule has 1 unspecified atom stereocenters. The van der Waals surface area contributed by atoms with Crippen LogP contribution in [0.4, 0.5) is 5.69 Å². The van der Waals surface area contributed by atoms with Gasteiger partial charge >= 0.3 is 0 Å². The lowest BCUT2D eigenvalue weighted by molar-refractivity contribution is 0.575. The van der Waals surface area contributed by atoms with E-state index in [2.05, 4.69) is 44.2 Å². The van der Waals surface area contributed by atoms with Gasteiger partial charge in [-0.2, -0.15) is 0 Å². The van der Waals surface area contributed by atoms with Gasteiger partial charge in [-0.3, -0.25) is 4.99 Å². The summed E-state index contributed by atoms with van der Waals surface area (Å²) in [6.45, 7) is 4.52. The van der Waals surface area contributed by atoms with Crippen LogP contribution in [-0.2, 0) is 5.41 Å². The maximum Gasteiger partial charge on any atom is 0.0674 e. The van der Waals surface area contributed by atoms with Crippen molar-refractivity contribution >= 4 is 11.4 Å². The molecule has 0 fully saturated rings. The van der Waals surface area contributed by atoms with Gasteiger partial charge in [-0.25, -0.2) is 0 Å². The molecule has 1 aromatic carbocycles. The Kier molecular flexibility index (Phi) is 1.67. The summed E-state index contributed by atoms with van der Waals surface area (Å²) in [5.74, 6) is 0. The van der Waals surface area contributed by atoms with E-state index in [1.54, 1.807) is 0 Å². The number of hydrogen-bond donors (Lipinski definition) is 0. The lowest BCUT2D eigenvalue weighted by atomic mass is 9.72. The van der Waals surface area contributed by atoms with Crippen molar-refractivity contribution in [3.8, 4) is 0 Å². The molecule has 1 heterocycles. The maximum absolute atomic E-state index is 4.74. The summed E-state index contributed by atoms with van der Waals surface area (Å²) in [5.41, 5.74) is 5.46. The van der Waals surface area contributed by atoms with Crippen molar-refractivity contribution < 1.29 is 0 Å². The lowest BCUT2D eigenvalue weighted by Crippen LogP contribution is -2.31. The average Bonchev–Trinajstić information content (AvgIpc) is 2.52. The van der Waals surface area contributed by atoms with Crippen LogP contribution in [0.25, 0.3) is 0 Å². The minimum absolute atomic E-state index is 0.177. The van der Waals surface area contributed by atoms with Gasteiger partial charge in [0.1, 0.15) is 0 Å². The molecule has 1 atom stereocenters. The number of rotatable bonds is 0. The molecule has 1 aliphatic carbocycles. The van der Waals surface area contributed by atoms with E-state index in [-0.39, 0.29) is 5.41 Å². The van der Waals surface area contributed by atoms with E-state index < -0.39 is 0 Å². The van der Waals surface area contributed by atoms with Crippen LogP contribution in [0.1, 0.15) is 32.3 Å². The fourth-order valence-corrected chi connectivity index (χ4v) is 2.64. The number of para-hydroxylation sites is 1. The lowest BCUT2D eigenvalue weighted by Gasteiger charge is -2.30. The molecule has 1 aromatic rings. The van der Waals surface area contributed by atoms with E-state index in [1.807, 2.05) is 0 Å². The Labute approximate surface area is 90.5 Å². The minimum atomic E-state index is 0.177. The Morgan fingerprint density at radius 2 is 2.07 bits per heavy atom. The van der Waals surface area contributed by atoms with Crippen molar-refractivity contribution in [2.24, 2.45) is 4.99 Å². The Hall–Kier alpha value is -1.37. The summed E-state index contributed by atoms with van der Waals surface area (Å²) in [6.07, 6.45) is 4.67. The standard InChI is InChI=1S/C14H15N/c1-10-7-8-14(2)11-5-3-4-6-12(11)15-13(14)9-10/h3-6,9H,7-8H2,1-2H3. The number of hydrogen-bond acceptors (Lipinski definition) is 1. The quantitative estimate of drug-likeness (QED) is 0.600. The van der Waals surface area contributed by atoms with Crippen LogP contribution in [0.3, 0.4) is 0 Å². The predicted molar refractivity (Wildman–Crippen MR) is 63.9 cm³/mol. The van der Waals surface area contributed by atoms with Crippen LogP contribution in [0.2, 0.25) is 0 Å². The molecule has 3 rings (SSSR count). The average molecular weight is 197 g/mol. The SMILES string of the molecule is CC1=CC2=Nc3ccccc3C2(C)CC1. The minimum Gasteiger partial charge on any atom is -0.252 e. The Morgan fingerprint density at radius 1 is 1.27 bits per heavy atom. The topological polar surface area (TPSA) is 12.4 Å². The van der Waals surface area contributed by atoms with Gasteiger partial charge < -0.3 is 0 Å². The summed E-state index contributed by atoms with van der Waals surface area (Å²) in [6, 6.07) is 8.53. The second-order valence-corrected chi connectivity index (χ2v) is 4.84. The van der Waals surface area contributed by atoms with Gasteiger partial charge in [-0.15, -0.1) is 0 Å². The molecule has 1 aliphatic heterocycles. The van der Waals surface area contributed by atoms with E-state index in [0.29, 0.717) is 0 Å². The van der Waals surface area contributed by atoms with Gasteiger partial charge in [0, 0.05) is 5.41 Å². The van der Waals surface area contributed by atoms with Crippen molar-refractivity contribution in [3.05, 3.63) is 41.5 Å². The molecule has 0 spiro atoms. The van der Waals surface area contributed by atoms with Crippen molar-refractivity contribution in [1.82, 2.24) is 0 Å². The maximum atomic E-state index is 4.74. The van der Waals surface area contributed by atoms with Crippen LogP contribution in [0, 0.1) is 0 Å². The molecule has 2 aliphatic rings. The van der Waals surface area contributed by atoms with E-state index in [4.69, 9.17) is 4.99 Å². The molecule has 0 bridgehead atoms. The number of benzene rings is 1. The van der Waals surface area contributed by atoms with Crippen LogP contribution in [-0.4, -0.2) is 5.71 Å². The summed E-state index contributed by atoms with van der Waals surface area (Å²) >= 11 is 0. The Morgan fingerprint density at radius 3 is 2.93 bits per heavy atom. The summed E-state index contributed by atoms with van der Waals surface area (Å²) in [5, 5.41) is 0. The first-order valence-electron chi connectivity index (χ1n) is 5.56. The van der Waals surface area contributed by atoms with Crippen molar-refractivity contribution in [3.63, 3.8) is 0 Å². The van der Waals surface area contributed by atoms with Gasteiger partial charge in [0.05, 0.1) is 11.4 Å². The highest BCUT2D eigenvalue weighted by molar-refractivity contribution is 6.09. The van der Waals surface area contributed by atoms with Crippen molar-refractivity contribution in [2.45, 2.75) is 32.1 Å². The van der Waals surface area contributed by atoms with E-state index in [9.17, 15) is 0 Å². The zero-order valence-electron chi connectivity index (χ0n) is 9.25. The van der Waals surface area contributed by atoms with Crippen molar-refractivity contribution in [2.75, 3.05) is 0 Å². The van der Waals surface area contributed by atoms with Crippen molar-refractivity contribution in [1.29, 1.82) is 0 Å². The van der Waals surface area contributed by atoms with Gasteiger partial charge in [0.15, 0.2) is 0 Å². The number of aliphatic imine (C=N–C) groups is 1. The zero-order valence-corrected chi connectivity index (χ0v) is 9.25. The number of nitrogens with zero attached hydrogens (tertiary/aromatic N) is 1. The highest BCUT2D eigenvalue weighted by atomic mass is 14.8. The second-order valence-electron chi connectivity index (χ2n) is 4.84. The number of allylic oxidation sites excluding steroid dienone is 2. The summed E-state index contributed by atoms with van der Waals surface area (Å²) in [7, 11) is 0. The van der Waals surface area contributed by atoms with Crippen LogP contribution in [0.5, 0.6) is 0 Å². The normalized spacial score (nSPS) is 27.9. The fraction of sp³-hybridized carbons (Fsp3) is 0.357. The summed E-state index contributed by atoms with van der Waals surface area (Å²) in [4.78, 5) is 4.74. The van der Waals surface area contributed by atoms with E-state index >= 15 is 0 Å². The monoisotopic (exact) mass is 197 g/mol. The van der Waals surface area contributed by atoms with Crippen LogP contribution < -0.4 is 0 Å². The van der Waals surface area contributed by atoms with Gasteiger partial charge in [0.2, 0.25) is 0 Å². The molecule has 0 amide bonds. The molecule has 76 valence electrons.